The normalized spacial score (nSPS) is 23.7. The van der Waals surface area contributed by atoms with E-state index in [1.165, 1.54) is 17.7 Å². The van der Waals surface area contributed by atoms with Gasteiger partial charge in [-0.25, -0.2) is 9.59 Å². The van der Waals surface area contributed by atoms with Crippen molar-refractivity contribution in [1.82, 2.24) is 34.1 Å². The summed E-state index contributed by atoms with van der Waals surface area (Å²) in [6.07, 6.45) is -0.364. The Morgan fingerprint density at radius 3 is 2.33 bits per heavy atom. The lowest BCUT2D eigenvalue weighted by Gasteiger charge is -2.45. The molecule has 0 spiro atoms. The summed E-state index contributed by atoms with van der Waals surface area (Å²) in [5.41, 5.74) is 0.505. The summed E-state index contributed by atoms with van der Waals surface area (Å²) in [4.78, 5) is 56.4. The molecule has 2 aromatic carbocycles. The van der Waals surface area contributed by atoms with Crippen LogP contribution in [-0.4, -0.2) is 122 Å². The first kappa shape index (κ1) is 36.6. The number of carbonyl (C=O) groups is 2. The van der Waals surface area contributed by atoms with Crippen LogP contribution in [0.4, 0.5) is 18.0 Å². The SMILES string of the molecule is CN1C2CCC1CC(N1CCN(C(=O)[C@@H](Cc3cc(Cl)c(O)c(C(F)(F)F)c3)OC(=O)N3CCC(n4c(=O)[nH]c5c6ccccc6ncc54)CC3)CC1)C2. The lowest BCUT2D eigenvalue weighted by Crippen LogP contribution is -2.57. The van der Waals surface area contributed by atoms with Crippen LogP contribution < -0.4 is 5.69 Å². The zero-order valence-corrected chi connectivity index (χ0v) is 30.7. The number of nitrogens with one attached hydrogen (secondary N) is 1. The minimum Gasteiger partial charge on any atom is -0.506 e. The molecule has 0 radical (unpaired) electrons. The van der Waals surface area contributed by atoms with E-state index in [0.717, 1.165) is 35.9 Å². The van der Waals surface area contributed by atoms with Crippen LogP contribution in [0.15, 0.2) is 47.4 Å². The lowest BCUT2D eigenvalue weighted by molar-refractivity contribution is -0.143. The Labute approximate surface area is 314 Å². The highest BCUT2D eigenvalue weighted by molar-refractivity contribution is 6.32. The number of amides is 2. The van der Waals surface area contributed by atoms with Crippen molar-refractivity contribution in [3.63, 3.8) is 0 Å². The minimum absolute atomic E-state index is 0.00438. The number of rotatable bonds is 6. The van der Waals surface area contributed by atoms with Gasteiger partial charge in [0.1, 0.15) is 5.75 Å². The number of phenols is 1. The Morgan fingerprint density at radius 2 is 1.65 bits per heavy atom. The Bertz CT molecular complexity index is 2110. The maximum Gasteiger partial charge on any atom is 0.420 e. The summed E-state index contributed by atoms with van der Waals surface area (Å²) in [5, 5.41) is 10.4. The number of fused-ring (bicyclic) bond motifs is 5. The van der Waals surface area contributed by atoms with Crippen LogP contribution in [0, 0.1) is 0 Å². The van der Waals surface area contributed by atoms with E-state index in [1.807, 2.05) is 24.3 Å². The predicted molar refractivity (Wildman–Crippen MR) is 196 cm³/mol. The molecule has 0 aliphatic carbocycles. The number of aromatic nitrogens is 3. The third kappa shape index (κ3) is 6.90. The molecule has 8 rings (SSSR count). The van der Waals surface area contributed by atoms with Gasteiger partial charge in [0.05, 0.1) is 33.3 Å². The Morgan fingerprint density at radius 1 is 0.963 bits per heavy atom. The molecule has 16 heteroatoms. The number of aromatic amines is 1. The molecule has 3 atom stereocenters. The molecule has 6 heterocycles. The fourth-order valence-corrected chi connectivity index (χ4v) is 9.40. The fourth-order valence-electron chi connectivity index (χ4n) is 9.16. The average Bonchev–Trinajstić information content (AvgIpc) is 3.58. The van der Waals surface area contributed by atoms with Crippen molar-refractivity contribution in [1.29, 1.82) is 0 Å². The van der Waals surface area contributed by atoms with E-state index in [2.05, 4.69) is 26.8 Å². The molecule has 2 amide bonds. The van der Waals surface area contributed by atoms with Crippen molar-refractivity contribution >= 4 is 45.5 Å². The molecular weight excluding hydrogens is 727 g/mol. The first-order valence-corrected chi connectivity index (χ1v) is 19.0. The number of para-hydroxylation sites is 1. The van der Waals surface area contributed by atoms with Crippen molar-refractivity contribution in [2.24, 2.45) is 0 Å². The van der Waals surface area contributed by atoms with Crippen LogP contribution in [0.2, 0.25) is 5.02 Å². The number of carbonyl (C=O) groups excluding carboxylic acids is 2. The number of imidazole rings is 1. The highest BCUT2D eigenvalue weighted by Crippen LogP contribution is 2.41. The van der Waals surface area contributed by atoms with Crippen LogP contribution in [-0.2, 0) is 22.1 Å². The molecule has 12 nitrogen and oxygen atoms in total. The molecule has 288 valence electrons. The van der Waals surface area contributed by atoms with Crippen molar-refractivity contribution < 1.29 is 32.6 Å². The number of hydrogen-bond acceptors (Lipinski definition) is 8. The van der Waals surface area contributed by atoms with Gasteiger partial charge in [0.25, 0.3) is 5.91 Å². The van der Waals surface area contributed by atoms with Crippen molar-refractivity contribution in [3.05, 3.63) is 69.2 Å². The van der Waals surface area contributed by atoms with Gasteiger partial charge in [-0.05, 0) is 69.3 Å². The number of nitrogens with zero attached hydrogens (tertiary/aromatic N) is 6. The van der Waals surface area contributed by atoms with Crippen molar-refractivity contribution in [2.75, 3.05) is 46.3 Å². The van der Waals surface area contributed by atoms with Gasteiger partial charge in [-0.1, -0.05) is 29.8 Å². The van der Waals surface area contributed by atoms with Gasteiger partial charge < -0.3 is 29.5 Å². The second kappa shape index (κ2) is 14.4. The second-order valence-electron chi connectivity index (χ2n) is 15.1. The summed E-state index contributed by atoms with van der Waals surface area (Å²) < 4.78 is 49.0. The van der Waals surface area contributed by atoms with E-state index in [1.54, 1.807) is 15.7 Å². The third-order valence-corrected chi connectivity index (χ3v) is 12.4. The molecule has 4 fully saturated rings. The number of benzene rings is 2. The number of alkyl halides is 3. The molecule has 4 aromatic rings. The van der Waals surface area contributed by atoms with Gasteiger partial charge in [-0.2, -0.15) is 13.2 Å². The first-order chi connectivity index (χ1) is 25.9. The van der Waals surface area contributed by atoms with Gasteiger partial charge in [0, 0.05) is 75.2 Å². The molecule has 2 unspecified atom stereocenters. The highest BCUT2D eigenvalue weighted by Gasteiger charge is 2.42. The maximum absolute atomic E-state index is 14.1. The number of ether oxygens (including phenoxy) is 1. The van der Waals surface area contributed by atoms with E-state index in [4.69, 9.17) is 16.3 Å². The van der Waals surface area contributed by atoms with Crippen LogP contribution in [0.3, 0.4) is 0 Å². The lowest BCUT2D eigenvalue weighted by atomic mass is 9.96. The molecule has 4 aliphatic heterocycles. The van der Waals surface area contributed by atoms with Crippen LogP contribution in [0.1, 0.15) is 55.7 Å². The van der Waals surface area contributed by atoms with Crippen molar-refractivity contribution in [2.45, 2.75) is 81.4 Å². The topological polar surface area (TPSA) is 127 Å². The van der Waals surface area contributed by atoms with Gasteiger partial charge in [0.2, 0.25) is 0 Å². The number of halogens is 4. The van der Waals surface area contributed by atoms with E-state index in [-0.39, 0.29) is 36.8 Å². The highest BCUT2D eigenvalue weighted by atomic mass is 35.5. The summed E-state index contributed by atoms with van der Waals surface area (Å²) in [5.74, 6) is -1.60. The number of aromatic hydroxyl groups is 1. The molecule has 2 bridgehead atoms. The summed E-state index contributed by atoms with van der Waals surface area (Å²) in [7, 11) is 2.20. The van der Waals surface area contributed by atoms with Crippen LogP contribution in [0.5, 0.6) is 5.75 Å². The Balaban J connectivity index is 0.970. The molecule has 2 N–H and O–H groups in total. The summed E-state index contributed by atoms with van der Waals surface area (Å²) in [6, 6.07) is 10.8. The average molecular weight is 770 g/mol. The second-order valence-corrected chi connectivity index (χ2v) is 15.5. The number of pyridine rings is 1. The number of phenolic OH excluding ortho intramolecular Hbond substituents is 1. The molecule has 4 aliphatic rings. The molecule has 0 saturated carbocycles. The number of likely N-dealkylation sites (tertiary alicyclic amines) is 1. The van der Waals surface area contributed by atoms with Crippen molar-refractivity contribution in [3.8, 4) is 5.75 Å². The van der Waals surface area contributed by atoms with Gasteiger partial charge in [-0.15, -0.1) is 0 Å². The van der Waals surface area contributed by atoms with Crippen LogP contribution in [0.25, 0.3) is 21.9 Å². The van der Waals surface area contributed by atoms with Crippen LogP contribution >= 0.6 is 11.6 Å². The Kier molecular flexibility index (Phi) is 9.76. The van der Waals surface area contributed by atoms with Gasteiger partial charge in [0.15, 0.2) is 6.10 Å². The fraction of sp³-hybridized carbons (Fsp3) is 0.526. The zero-order chi connectivity index (χ0) is 37.9. The monoisotopic (exact) mass is 769 g/mol. The third-order valence-electron chi connectivity index (χ3n) is 12.1. The van der Waals surface area contributed by atoms with Gasteiger partial charge in [-0.3, -0.25) is 19.2 Å². The number of H-pyrrole nitrogens is 1. The molecular formula is C38H43ClF3N7O5. The summed E-state index contributed by atoms with van der Waals surface area (Å²) in [6.45, 7) is 2.54. The van der Waals surface area contributed by atoms with E-state index in [0.29, 0.717) is 68.2 Å². The number of piperazine rings is 1. The number of piperidine rings is 2. The number of hydrogen-bond donors (Lipinski definition) is 2. The zero-order valence-electron chi connectivity index (χ0n) is 29.9. The largest absolute Gasteiger partial charge is 0.506 e. The molecule has 54 heavy (non-hydrogen) atoms. The first-order valence-electron chi connectivity index (χ1n) is 18.6. The smallest absolute Gasteiger partial charge is 0.420 e. The van der Waals surface area contributed by atoms with E-state index in [9.17, 15) is 32.7 Å². The minimum atomic E-state index is -4.90. The Hall–Kier alpha value is -4.34. The van der Waals surface area contributed by atoms with E-state index >= 15 is 0 Å². The standard InChI is InChI=1S/C38H43ClF3N7O5/c1-45-24-6-7-25(45)20-26(19-24)46-12-14-47(15-13-46)35(51)32(18-22-16-28(38(40,41)42)34(50)29(39)17-22)54-37(53)48-10-8-23(9-11-48)49-31-21-43-30-5-3-2-4-27(30)33(31)44-36(49)52/h2-5,16-17,21,23-26,32,50H,6-15,18-20H2,1H3,(H,44,52)/t24?,25?,26?,32-/m1/s1. The quantitative estimate of drug-likeness (QED) is 0.267. The maximum atomic E-state index is 14.1. The predicted octanol–water partition coefficient (Wildman–Crippen LogP) is 5.41. The van der Waals surface area contributed by atoms with E-state index < -0.39 is 40.6 Å². The summed E-state index contributed by atoms with van der Waals surface area (Å²) >= 11 is 6.02. The van der Waals surface area contributed by atoms with Gasteiger partial charge >= 0.3 is 18.0 Å². The molecule has 4 saturated heterocycles. The molecule has 2 aromatic heterocycles.